The molecule has 0 bridgehead atoms. The molecular formula is C16H16Cl2. The molecule has 0 aliphatic rings. The van der Waals surface area contributed by atoms with Crippen LogP contribution in [-0.4, -0.2) is 0 Å². The average molecular weight is 279 g/mol. The Labute approximate surface area is 119 Å². The zero-order valence-electron chi connectivity index (χ0n) is 10.6. The molecule has 0 aromatic heterocycles. The number of hydrogen-bond acceptors (Lipinski definition) is 0. The fraction of sp³-hybridized carbons (Fsp3) is 0.250. The second-order valence-corrected chi connectivity index (χ2v) is 5.62. The van der Waals surface area contributed by atoms with Gasteiger partial charge in [-0.3, -0.25) is 0 Å². The first-order chi connectivity index (χ1) is 8.56. The first kappa shape index (κ1) is 13.5. The molecule has 1 atom stereocenters. The third kappa shape index (κ3) is 3.28. The van der Waals surface area contributed by atoms with Gasteiger partial charge in [-0.1, -0.05) is 47.5 Å². The Balaban J connectivity index is 2.21. The molecule has 0 saturated carbocycles. The van der Waals surface area contributed by atoms with Crippen LogP contribution in [0.15, 0.2) is 42.5 Å². The Bertz CT molecular complexity index is 547. The fourth-order valence-corrected chi connectivity index (χ4v) is 2.70. The molecule has 0 radical (unpaired) electrons. The second-order valence-electron chi connectivity index (χ2n) is 4.66. The zero-order valence-corrected chi connectivity index (χ0v) is 12.1. The van der Waals surface area contributed by atoms with E-state index in [4.69, 9.17) is 23.2 Å². The van der Waals surface area contributed by atoms with Crippen LogP contribution in [0.3, 0.4) is 0 Å². The van der Waals surface area contributed by atoms with Gasteiger partial charge in [0.2, 0.25) is 0 Å². The summed E-state index contributed by atoms with van der Waals surface area (Å²) >= 11 is 12.5. The highest BCUT2D eigenvalue weighted by molar-refractivity contribution is 6.30. The summed E-state index contributed by atoms with van der Waals surface area (Å²) in [5, 5.41) is 0.751. The SMILES string of the molecule is Cc1ccc(C)c(C(Cl)Cc2cccc(Cl)c2)c1. The third-order valence-corrected chi connectivity index (χ3v) is 3.70. The topological polar surface area (TPSA) is 0 Å². The quantitative estimate of drug-likeness (QED) is 0.653. The minimum absolute atomic E-state index is 0.0108. The van der Waals surface area contributed by atoms with E-state index < -0.39 is 0 Å². The number of benzene rings is 2. The molecule has 0 aliphatic carbocycles. The highest BCUT2D eigenvalue weighted by atomic mass is 35.5. The Morgan fingerprint density at radius 2 is 1.83 bits per heavy atom. The molecule has 2 aromatic rings. The molecule has 2 rings (SSSR count). The lowest BCUT2D eigenvalue weighted by Crippen LogP contribution is -1.99. The lowest BCUT2D eigenvalue weighted by Gasteiger charge is -2.14. The molecule has 0 amide bonds. The van der Waals surface area contributed by atoms with Crippen molar-refractivity contribution >= 4 is 23.2 Å². The molecule has 0 nitrogen and oxygen atoms in total. The Morgan fingerprint density at radius 1 is 1.06 bits per heavy atom. The normalized spacial score (nSPS) is 12.4. The summed E-state index contributed by atoms with van der Waals surface area (Å²) in [7, 11) is 0. The van der Waals surface area contributed by atoms with Crippen LogP contribution >= 0.6 is 23.2 Å². The van der Waals surface area contributed by atoms with E-state index >= 15 is 0 Å². The van der Waals surface area contributed by atoms with E-state index in [-0.39, 0.29) is 5.38 Å². The van der Waals surface area contributed by atoms with E-state index in [1.54, 1.807) is 0 Å². The van der Waals surface area contributed by atoms with E-state index in [9.17, 15) is 0 Å². The summed E-state index contributed by atoms with van der Waals surface area (Å²) in [5.74, 6) is 0. The van der Waals surface area contributed by atoms with Gasteiger partial charge in [-0.2, -0.15) is 0 Å². The summed E-state index contributed by atoms with van der Waals surface area (Å²) in [5.41, 5.74) is 4.86. The molecular weight excluding hydrogens is 263 g/mol. The van der Waals surface area contributed by atoms with Crippen molar-refractivity contribution in [3.63, 3.8) is 0 Å². The van der Waals surface area contributed by atoms with Gasteiger partial charge in [-0.05, 0) is 49.1 Å². The van der Waals surface area contributed by atoms with Crippen molar-refractivity contribution < 1.29 is 0 Å². The number of rotatable bonds is 3. The molecule has 2 aromatic carbocycles. The van der Waals surface area contributed by atoms with Gasteiger partial charge in [0.15, 0.2) is 0 Å². The lowest BCUT2D eigenvalue weighted by molar-refractivity contribution is 0.908. The summed E-state index contributed by atoms with van der Waals surface area (Å²) in [6.45, 7) is 4.19. The van der Waals surface area contributed by atoms with Gasteiger partial charge in [0.05, 0.1) is 5.38 Å². The van der Waals surface area contributed by atoms with Gasteiger partial charge in [0.1, 0.15) is 0 Å². The van der Waals surface area contributed by atoms with Crippen LogP contribution in [0.5, 0.6) is 0 Å². The number of halogens is 2. The smallest absolute Gasteiger partial charge is 0.0628 e. The van der Waals surface area contributed by atoms with Crippen LogP contribution in [0.2, 0.25) is 5.02 Å². The van der Waals surface area contributed by atoms with Crippen molar-refractivity contribution in [1.29, 1.82) is 0 Å². The number of aryl methyl sites for hydroxylation is 2. The summed E-state index contributed by atoms with van der Waals surface area (Å²) in [6.07, 6.45) is 0.798. The standard InChI is InChI=1S/C16H16Cl2/c1-11-6-7-12(2)15(8-11)16(18)10-13-4-3-5-14(17)9-13/h3-9,16H,10H2,1-2H3. The van der Waals surface area contributed by atoms with Crippen LogP contribution in [0, 0.1) is 13.8 Å². The molecule has 0 spiro atoms. The molecule has 0 saturated heterocycles. The van der Waals surface area contributed by atoms with Crippen molar-refractivity contribution in [2.45, 2.75) is 25.6 Å². The molecule has 0 heterocycles. The predicted molar refractivity (Wildman–Crippen MR) is 79.7 cm³/mol. The van der Waals surface area contributed by atoms with Crippen molar-refractivity contribution in [2.75, 3.05) is 0 Å². The van der Waals surface area contributed by atoms with Gasteiger partial charge in [0.25, 0.3) is 0 Å². The Kier molecular flexibility index (Phi) is 4.31. The van der Waals surface area contributed by atoms with Crippen LogP contribution in [-0.2, 0) is 6.42 Å². The van der Waals surface area contributed by atoms with Gasteiger partial charge in [0, 0.05) is 5.02 Å². The maximum Gasteiger partial charge on any atom is 0.0628 e. The molecule has 94 valence electrons. The third-order valence-electron chi connectivity index (χ3n) is 3.08. The van der Waals surface area contributed by atoms with Gasteiger partial charge in [-0.15, -0.1) is 11.6 Å². The molecule has 0 aliphatic heterocycles. The average Bonchev–Trinajstić information content (AvgIpc) is 2.32. The Morgan fingerprint density at radius 3 is 2.56 bits per heavy atom. The van der Waals surface area contributed by atoms with Crippen LogP contribution < -0.4 is 0 Å². The summed E-state index contributed by atoms with van der Waals surface area (Å²) in [6, 6.07) is 14.3. The fourth-order valence-electron chi connectivity index (χ4n) is 2.08. The van der Waals surface area contributed by atoms with E-state index in [1.165, 1.54) is 22.3 Å². The maximum atomic E-state index is 6.53. The van der Waals surface area contributed by atoms with E-state index in [1.807, 2.05) is 18.2 Å². The number of hydrogen-bond donors (Lipinski definition) is 0. The monoisotopic (exact) mass is 278 g/mol. The predicted octanol–water partition coefficient (Wildman–Crippen LogP) is 5.48. The molecule has 0 fully saturated rings. The highest BCUT2D eigenvalue weighted by Crippen LogP contribution is 2.29. The Hall–Kier alpha value is -0.980. The van der Waals surface area contributed by atoms with Crippen LogP contribution in [0.1, 0.15) is 27.6 Å². The van der Waals surface area contributed by atoms with Crippen molar-refractivity contribution in [3.8, 4) is 0 Å². The molecule has 0 N–H and O–H groups in total. The van der Waals surface area contributed by atoms with Gasteiger partial charge < -0.3 is 0 Å². The number of alkyl halides is 1. The minimum Gasteiger partial charge on any atom is -0.117 e. The van der Waals surface area contributed by atoms with E-state index in [0.717, 1.165) is 11.4 Å². The van der Waals surface area contributed by atoms with Gasteiger partial charge >= 0.3 is 0 Å². The lowest BCUT2D eigenvalue weighted by atomic mass is 9.98. The summed E-state index contributed by atoms with van der Waals surface area (Å²) in [4.78, 5) is 0. The molecule has 18 heavy (non-hydrogen) atoms. The van der Waals surface area contributed by atoms with E-state index in [0.29, 0.717) is 0 Å². The largest absolute Gasteiger partial charge is 0.117 e. The van der Waals surface area contributed by atoms with E-state index in [2.05, 4.69) is 38.1 Å². The zero-order chi connectivity index (χ0) is 13.1. The van der Waals surface area contributed by atoms with Crippen LogP contribution in [0.25, 0.3) is 0 Å². The van der Waals surface area contributed by atoms with Crippen molar-refractivity contribution in [2.24, 2.45) is 0 Å². The van der Waals surface area contributed by atoms with Crippen molar-refractivity contribution in [1.82, 2.24) is 0 Å². The summed E-state index contributed by atoms with van der Waals surface area (Å²) < 4.78 is 0. The maximum absolute atomic E-state index is 6.53. The first-order valence-electron chi connectivity index (χ1n) is 6.02. The van der Waals surface area contributed by atoms with Gasteiger partial charge in [-0.25, -0.2) is 0 Å². The minimum atomic E-state index is -0.0108. The van der Waals surface area contributed by atoms with Crippen LogP contribution in [0.4, 0.5) is 0 Å². The highest BCUT2D eigenvalue weighted by Gasteiger charge is 2.12. The van der Waals surface area contributed by atoms with Crippen molar-refractivity contribution in [3.05, 3.63) is 69.7 Å². The second kappa shape index (κ2) is 5.77. The first-order valence-corrected chi connectivity index (χ1v) is 6.83. The molecule has 2 heteroatoms. The molecule has 1 unspecified atom stereocenters.